The molecule has 0 unspecified atom stereocenters. The number of nitrogen functional groups attached to an aromatic ring is 1. The van der Waals surface area contributed by atoms with E-state index >= 15 is 0 Å². The Labute approximate surface area is 144 Å². The SMILES string of the molecule is CC(C)(C)Oc1ccc2c(Oc3c(F)cc(N)cc3F)ccnc2c1. The first-order chi connectivity index (χ1) is 11.7. The molecular formula is C19H18F2N2O2. The summed E-state index contributed by atoms with van der Waals surface area (Å²) in [5.74, 6) is -1.30. The summed E-state index contributed by atoms with van der Waals surface area (Å²) in [6.07, 6.45) is 1.51. The summed E-state index contributed by atoms with van der Waals surface area (Å²) in [5, 5.41) is 0.611. The highest BCUT2D eigenvalue weighted by atomic mass is 19.1. The normalized spacial score (nSPS) is 11.6. The number of benzene rings is 2. The molecule has 0 bridgehead atoms. The van der Waals surface area contributed by atoms with E-state index in [0.717, 1.165) is 12.1 Å². The van der Waals surface area contributed by atoms with Crippen LogP contribution in [0.4, 0.5) is 14.5 Å². The van der Waals surface area contributed by atoms with Crippen LogP contribution >= 0.6 is 0 Å². The Balaban J connectivity index is 2.01. The molecule has 6 heteroatoms. The van der Waals surface area contributed by atoms with Gasteiger partial charge in [-0.05, 0) is 39.0 Å². The van der Waals surface area contributed by atoms with Crippen LogP contribution in [0.15, 0.2) is 42.6 Å². The topological polar surface area (TPSA) is 57.4 Å². The molecule has 4 nitrogen and oxygen atoms in total. The summed E-state index contributed by atoms with van der Waals surface area (Å²) in [6, 6.07) is 8.82. The second-order valence-corrected chi connectivity index (χ2v) is 6.62. The largest absolute Gasteiger partial charge is 0.488 e. The first kappa shape index (κ1) is 17.0. The van der Waals surface area contributed by atoms with Crippen LogP contribution in [0.1, 0.15) is 20.8 Å². The molecule has 0 atom stereocenters. The number of hydrogen-bond donors (Lipinski definition) is 1. The zero-order chi connectivity index (χ0) is 18.2. The van der Waals surface area contributed by atoms with Crippen LogP contribution < -0.4 is 15.2 Å². The van der Waals surface area contributed by atoms with E-state index < -0.39 is 17.4 Å². The molecule has 25 heavy (non-hydrogen) atoms. The van der Waals surface area contributed by atoms with Gasteiger partial charge in [-0.15, -0.1) is 0 Å². The molecule has 0 saturated heterocycles. The average molecular weight is 344 g/mol. The van der Waals surface area contributed by atoms with Gasteiger partial charge in [0.25, 0.3) is 0 Å². The van der Waals surface area contributed by atoms with Crippen molar-refractivity contribution in [3.8, 4) is 17.2 Å². The van der Waals surface area contributed by atoms with E-state index in [1.165, 1.54) is 6.20 Å². The van der Waals surface area contributed by atoms with Gasteiger partial charge >= 0.3 is 0 Å². The molecule has 0 saturated carbocycles. The summed E-state index contributed by atoms with van der Waals surface area (Å²) in [6.45, 7) is 5.82. The highest BCUT2D eigenvalue weighted by molar-refractivity contribution is 5.86. The molecule has 0 radical (unpaired) electrons. The van der Waals surface area contributed by atoms with Crippen LogP contribution in [0.5, 0.6) is 17.2 Å². The Hall–Kier alpha value is -2.89. The van der Waals surface area contributed by atoms with Crippen molar-refractivity contribution >= 4 is 16.6 Å². The fraction of sp³-hybridized carbons (Fsp3) is 0.211. The third kappa shape index (κ3) is 3.79. The maximum atomic E-state index is 14.0. The standard InChI is InChI=1S/C19H18F2N2O2/c1-19(2,3)25-12-4-5-13-16(10-12)23-7-6-17(13)24-18-14(20)8-11(22)9-15(18)21/h4-10H,22H2,1-3H3. The van der Waals surface area contributed by atoms with Crippen molar-refractivity contribution in [1.29, 1.82) is 0 Å². The number of fused-ring (bicyclic) bond motifs is 1. The average Bonchev–Trinajstić information content (AvgIpc) is 2.49. The summed E-state index contributed by atoms with van der Waals surface area (Å²) in [5.41, 5.74) is 5.66. The van der Waals surface area contributed by atoms with Gasteiger partial charge in [-0.2, -0.15) is 0 Å². The van der Waals surface area contributed by atoms with E-state index in [1.807, 2.05) is 20.8 Å². The van der Waals surface area contributed by atoms with Crippen LogP contribution in [0.3, 0.4) is 0 Å². The predicted octanol–water partition coefficient (Wildman–Crippen LogP) is 5.06. The minimum atomic E-state index is -0.866. The molecule has 1 aromatic heterocycles. The van der Waals surface area contributed by atoms with Crippen LogP contribution in [-0.2, 0) is 0 Å². The van der Waals surface area contributed by atoms with E-state index in [9.17, 15) is 8.78 Å². The quantitative estimate of drug-likeness (QED) is 0.674. The molecule has 3 aromatic rings. The minimum Gasteiger partial charge on any atom is -0.488 e. The lowest BCUT2D eigenvalue weighted by Gasteiger charge is -2.21. The van der Waals surface area contributed by atoms with Gasteiger partial charge in [-0.1, -0.05) is 0 Å². The number of hydrogen-bond acceptors (Lipinski definition) is 4. The first-order valence-corrected chi connectivity index (χ1v) is 7.73. The second kappa shape index (κ2) is 6.20. The number of rotatable bonds is 3. The van der Waals surface area contributed by atoms with Gasteiger partial charge in [0.2, 0.25) is 0 Å². The number of pyridine rings is 1. The summed E-state index contributed by atoms with van der Waals surface area (Å²) < 4.78 is 39.2. The fourth-order valence-corrected chi connectivity index (χ4v) is 2.39. The van der Waals surface area contributed by atoms with Crippen LogP contribution in [0.25, 0.3) is 10.9 Å². The molecule has 0 aliphatic carbocycles. The van der Waals surface area contributed by atoms with Crippen molar-refractivity contribution in [2.45, 2.75) is 26.4 Å². The Kier molecular flexibility index (Phi) is 4.20. The lowest BCUT2D eigenvalue weighted by molar-refractivity contribution is 0.131. The molecule has 1 heterocycles. The van der Waals surface area contributed by atoms with Crippen molar-refractivity contribution in [3.63, 3.8) is 0 Å². The summed E-state index contributed by atoms with van der Waals surface area (Å²) >= 11 is 0. The lowest BCUT2D eigenvalue weighted by atomic mass is 10.1. The maximum Gasteiger partial charge on any atom is 0.198 e. The zero-order valence-electron chi connectivity index (χ0n) is 14.1. The molecule has 0 aliphatic heterocycles. The highest BCUT2D eigenvalue weighted by Crippen LogP contribution is 2.34. The van der Waals surface area contributed by atoms with Crippen LogP contribution in [0, 0.1) is 11.6 Å². The number of anilines is 1. The molecule has 0 aliphatic rings. The van der Waals surface area contributed by atoms with Gasteiger partial charge in [0.1, 0.15) is 17.1 Å². The molecule has 3 rings (SSSR count). The number of aromatic nitrogens is 1. The Morgan fingerprint density at radius 1 is 1.00 bits per heavy atom. The van der Waals surface area contributed by atoms with Gasteiger partial charge in [0.05, 0.1) is 5.52 Å². The van der Waals surface area contributed by atoms with Gasteiger partial charge in [-0.3, -0.25) is 4.98 Å². The van der Waals surface area contributed by atoms with E-state index in [4.69, 9.17) is 15.2 Å². The molecular weight excluding hydrogens is 326 g/mol. The molecule has 0 fully saturated rings. The Bertz CT molecular complexity index is 913. The molecule has 0 amide bonds. The molecule has 130 valence electrons. The van der Waals surface area contributed by atoms with E-state index in [-0.39, 0.29) is 17.0 Å². The minimum absolute atomic E-state index is 0.00842. The van der Waals surface area contributed by atoms with E-state index in [2.05, 4.69) is 4.98 Å². The van der Waals surface area contributed by atoms with E-state index in [1.54, 1.807) is 24.3 Å². The number of nitrogens with zero attached hydrogens (tertiary/aromatic N) is 1. The fourth-order valence-electron chi connectivity index (χ4n) is 2.39. The number of halogens is 2. The maximum absolute atomic E-state index is 14.0. The predicted molar refractivity (Wildman–Crippen MR) is 93.0 cm³/mol. The zero-order valence-corrected chi connectivity index (χ0v) is 14.1. The monoisotopic (exact) mass is 344 g/mol. The number of ether oxygens (including phenoxy) is 2. The van der Waals surface area contributed by atoms with Crippen molar-refractivity contribution in [1.82, 2.24) is 4.98 Å². The van der Waals surface area contributed by atoms with Crippen LogP contribution in [-0.4, -0.2) is 10.6 Å². The van der Waals surface area contributed by atoms with E-state index in [0.29, 0.717) is 16.7 Å². The third-order valence-corrected chi connectivity index (χ3v) is 3.33. The van der Waals surface area contributed by atoms with Crippen molar-refractivity contribution in [2.24, 2.45) is 0 Å². The van der Waals surface area contributed by atoms with Crippen molar-refractivity contribution in [2.75, 3.05) is 5.73 Å². The van der Waals surface area contributed by atoms with Gasteiger partial charge in [0, 0.05) is 35.5 Å². The van der Waals surface area contributed by atoms with Gasteiger partial charge in [-0.25, -0.2) is 8.78 Å². The third-order valence-electron chi connectivity index (χ3n) is 3.33. The molecule has 2 aromatic carbocycles. The Morgan fingerprint density at radius 2 is 1.68 bits per heavy atom. The highest BCUT2D eigenvalue weighted by Gasteiger charge is 2.16. The van der Waals surface area contributed by atoms with Crippen LogP contribution in [0.2, 0.25) is 0 Å². The lowest BCUT2D eigenvalue weighted by Crippen LogP contribution is -2.22. The molecule has 2 N–H and O–H groups in total. The Morgan fingerprint density at radius 3 is 2.32 bits per heavy atom. The molecule has 0 spiro atoms. The summed E-state index contributed by atoms with van der Waals surface area (Å²) in [7, 11) is 0. The number of nitrogens with two attached hydrogens (primary N) is 1. The van der Waals surface area contributed by atoms with Gasteiger partial charge < -0.3 is 15.2 Å². The van der Waals surface area contributed by atoms with Crippen molar-refractivity contribution < 1.29 is 18.3 Å². The van der Waals surface area contributed by atoms with Gasteiger partial charge in [0.15, 0.2) is 17.4 Å². The first-order valence-electron chi connectivity index (χ1n) is 7.73. The smallest absolute Gasteiger partial charge is 0.198 e. The second-order valence-electron chi connectivity index (χ2n) is 6.62. The summed E-state index contributed by atoms with van der Waals surface area (Å²) in [4.78, 5) is 4.27. The van der Waals surface area contributed by atoms with Crippen molar-refractivity contribution in [3.05, 3.63) is 54.2 Å².